The van der Waals surface area contributed by atoms with Crippen molar-refractivity contribution < 1.29 is 9.53 Å². The molecule has 0 aromatic heterocycles. The van der Waals surface area contributed by atoms with E-state index in [0.29, 0.717) is 5.03 Å². The maximum absolute atomic E-state index is 11.5. The van der Waals surface area contributed by atoms with Gasteiger partial charge in [0.2, 0.25) is 0 Å². The van der Waals surface area contributed by atoms with Crippen molar-refractivity contribution in [3.8, 4) is 0 Å². The molecule has 0 fully saturated rings. The van der Waals surface area contributed by atoms with Crippen LogP contribution in [0.15, 0.2) is 11.6 Å². The SMILES string of the molecule is C=C(N)SC(C)C(C)NC(=O)OC(C)(C)C. The van der Waals surface area contributed by atoms with Gasteiger partial charge in [0.15, 0.2) is 0 Å². The lowest BCUT2D eigenvalue weighted by molar-refractivity contribution is 0.0508. The fourth-order valence-corrected chi connectivity index (χ4v) is 1.70. The monoisotopic (exact) mass is 246 g/mol. The van der Waals surface area contributed by atoms with Crippen LogP contribution in [0.4, 0.5) is 4.79 Å². The molecule has 2 atom stereocenters. The first-order chi connectivity index (χ1) is 7.11. The van der Waals surface area contributed by atoms with Crippen LogP contribution in [0.3, 0.4) is 0 Å². The summed E-state index contributed by atoms with van der Waals surface area (Å²) >= 11 is 1.44. The number of amides is 1. The Balaban J connectivity index is 4.09. The van der Waals surface area contributed by atoms with Gasteiger partial charge in [-0.15, -0.1) is 11.8 Å². The molecular formula is C11H22N2O2S. The number of hydrogen-bond donors (Lipinski definition) is 2. The molecule has 5 heteroatoms. The van der Waals surface area contributed by atoms with Crippen LogP contribution < -0.4 is 11.1 Å². The zero-order valence-electron chi connectivity index (χ0n) is 10.7. The topological polar surface area (TPSA) is 64.3 Å². The quantitative estimate of drug-likeness (QED) is 0.799. The zero-order valence-corrected chi connectivity index (χ0v) is 11.5. The number of ether oxygens (including phenoxy) is 1. The lowest BCUT2D eigenvalue weighted by Crippen LogP contribution is -2.41. The number of carbonyl (C=O) groups excluding carboxylic acids is 1. The van der Waals surface area contributed by atoms with Gasteiger partial charge in [-0.2, -0.15) is 0 Å². The van der Waals surface area contributed by atoms with E-state index in [1.807, 2.05) is 34.6 Å². The van der Waals surface area contributed by atoms with E-state index in [1.54, 1.807) is 0 Å². The number of nitrogens with one attached hydrogen (secondary N) is 1. The average molecular weight is 246 g/mol. The highest BCUT2D eigenvalue weighted by Crippen LogP contribution is 2.18. The van der Waals surface area contributed by atoms with Crippen LogP contribution in [0.2, 0.25) is 0 Å². The van der Waals surface area contributed by atoms with Gasteiger partial charge >= 0.3 is 6.09 Å². The van der Waals surface area contributed by atoms with Crippen molar-refractivity contribution in [2.75, 3.05) is 0 Å². The first-order valence-electron chi connectivity index (χ1n) is 5.22. The third-order valence-corrected chi connectivity index (χ3v) is 2.87. The van der Waals surface area contributed by atoms with Crippen molar-refractivity contribution >= 4 is 17.9 Å². The molecule has 0 aliphatic carbocycles. The minimum Gasteiger partial charge on any atom is -0.444 e. The number of rotatable bonds is 4. The van der Waals surface area contributed by atoms with Crippen LogP contribution in [0, 0.1) is 0 Å². The Morgan fingerprint density at radius 3 is 2.31 bits per heavy atom. The Morgan fingerprint density at radius 1 is 1.44 bits per heavy atom. The summed E-state index contributed by atoms with van der Waals surface area (Å²) < 4.78 is 5.15. The van der Waals surface area contributed by atoms with E-state index in [4.69, 9.17) is 10.5 Å². The van der Waals surface area contributed by atoms with Crippen molar-refractivity contribution in [2.24, 2.45) is 5.73 Å². The van der Waals surface area contributed by atoms with Crippen LogP contribution in [0.5, 0.6) is 0 Å². The normalized spacial score (nSPS) is 15.1. The molecule has 94 valence electrons. The van der Waals surface area contributed by atoms with E-state index in [9.17, 15) is 4.79 Å². The van der Waals surface area contributed by atoms with Gasteiger partial charge in [-0.25, -0.2) is 4.79 Å². The smallest absolute Gasteiger partial charge is 0.407 e. The summed E-state index contributed by atoms with van der Waals surface area (Å²) in [6.45, 7) is 13.0. The van der Waals surface area contributed by atoms with E-state index in [1.165, 1.54) is 11.8 Å². The van der Waals surface area contributed by atoms with Gasteiger partial charge in [-0.1, -0.05) is 13.5 Å². The van der Waals surface area contributed by atoms with Crippen molar-refractivity contribution in [1.29, 1.82) is 0 Å². The molecule has 0 aromatic carbocycles. The van der Waals surface area contributed by atoms with Gasteiger partial charge in [-0.3, -0.25) is 0 Å². The van der Waals surface area contributed by atoms with Crippen LogP contribution in [0.25, 0.3) is 0 Å². The van der Waals surface area contributed by atoms with Gasteiger partial charge in [-0.05, 0) is 27.7 Å². The Morgan fingerprint density at radius 2 is 1.94 bits per heavy atom. The van der Waals surface area contributed by atoms with Gasteiger partial charge < -0.3 is 15.8 Å². The van der Waals surface area contributed by atoms with E-state index >= 15 is 0 Å². The lowest BCUT2D eigenvalue weighted by Gasteiger charge is -2.24. The number of thioether (sulfide) groups is 1. The minimum absolute atomic E-state index is 0.0276. The number of hydrogen-bond acceptors (Lipinski definition) is 4. The molecule has 0 bridgehead atoms. The predicted octanol–water partition coefficient (Wildman–Crippen LogP) is 2.45. The van der Waals surface area contributed by atoms with Gasteiger partial charge in [0.05, 0.1) is 5.03 Å². The maximum atomic E-state index is 11.5. The largest absolute Gasteiger partial charge is 0.444 e. The molecule has 0 aliphatic heterocycles. The minimum atomic E-state index is -0.475. The molecule has 2 unspecified atom stereocenters. The molecule has 1 amide bonds. The molecule has 0 saturated carbocycles. The van der Waals surface area contributed by atoms with E-state index in [-0.39, 0.29) is 11.3 Å². The van der Waals surface area contributed by atoms with E-state index in [2.05, 4.69) is 11.9 Å². The van der Waals surface area contributed by atoms with Crippen LogP contribution in [0.1, 0.15) is 34.6 Å². The molecule has 0 aromatic rings. The standard InChI is InChI=1S/C11H22N2O2S/c1-7(8(2)16-9(3)12)13-10(14)15-11(4,5)6/h7-8H,3,12H2,1-2,4-6H3,(H,13,14). The molecule has 3 N–H and O–H groups in total. The van der Waals surface area contributed by atoms with Crippen molar-refractivity contribution in [3.05, 3.63) is 11.6 Å². The van der Waals surface area contributed by atoms with Gasteiger partial charge in [0.25, 0.3) is 0 Å². The Hall–Kier alpha value is -0.840. The average Bonchev–Trinajstić information content (AvgIpc) is 1.98. The number of nitrogens with two attached hydrogens (primary N) is 1. The second kappa shape index (κ2) is 6.03. The zero-order chi connectivity index (χ0) is 12.9. The lowest BCUT2D eigenvalue weighted by atomic mass is 10.2. The summed E-state index contributed by atoms with van der Waals surface area (Å²) in [5.41, 5.74) is 5.01. The van der Waals surface area contributed by atoms with Crippen molar-refractivity contribution in [3.63, 3.8) is 0 Å². The van der Waals surface area contributed by atoms with Crippen molar-refractivity contribution in [1.82, 2.24) is 5.32 Å². The highest BCUT2D eigenvalue weighted by molar-refractivity contribution is 8.03. The number of carbonyl (C=O) groups is 1. The van der Waals surface area contributed by atoms with Crippen LogP contribution >= 0.6 is 11.8 Å². The molecule has 0 heterocycles. The summed E-state index contributed by atoms with van der Waals surface area (Å²) in [7, 11) is 0. The van der Waals surface area contributed by atoms with Crippen LogP contribution in [-0.4, -0.2) is 23.0 Å². The summed E-state index contributed by atoms with van der Waals surface area (Å²) in [4.78, 5) is 11.5. The summed E-state index contributed by atoms with van der Waals surface area (Å²) in [6.07, 6.45) is -0.407. The predicted molar refractivity (Wildman–Crippen MR) is 69.2 cm³/mol. The second-order valence-corrected chi connectivity index (χ2v) is 6.23. The Bertz CT molecular complexity index is 261. The van der Waals surface area contributed by atoms with E-state index in [0.717, 1.165) is 0 Å². The van der Waals surface area contributed by atoms with Gasteiger partial charge in [0.1, 0.15) is 5.60 Å². The first-order valence-corrected chi connectivity index (χ1v) is 6.10. The molecular weight excluding hydrogens is 224 g/mol. The Labute approximate surface area is 102 Å². The highest BCUT2D eigenvalue weighted by atomic mass is 32.2. The first kappa shape index (κ1) is 15.2. The van der Waals surface area contributed by atoms with Crippen LogP contribution in [-0.2, 0) is 4.74 Å². The number of alkyl carbamates (subject to hydrolysis) is 1. The fraction of sp³-hybridized carbons (Fsp3) is 0.727. The molecule has 0 spiro atoms. The molecule has 0 rings (SSSR count). The molecule has 4 nitrogen and oxygen atoms in total. The molecule has 0 aliphatic rings. The Kier molecular flexibility index (Phi) is 5.72. The summed E-state index contributed by atoms with van der Waals surface area (Å²) in [5, 5.41) is 3.47. The van der Waals surface area contributed by atoms with Crippen molar-refractivity contribution in [2.45, 2.75) is 51.5 Å². The van der Waals surface area contributed by atoms with Gasteiger partial charge in [0, 0.05) is 11.3 Å². The fourth-order valence-electron chi connectivity index (χ4n) is 0.952. The molecule has 0 radical (unpaired) electrons. The van der Waals surface area contributed by atoms with E-state index < -0.39 is 11.7 Å². The summed E-state index contributed by atoms with van der Waals surface area (Å²) in [5.74, 6) is 0. The third kappa shape index (κ3) is 7.45. The maximum Gasteiger partial charge on any atom is 0.407 e. The second-order valence-electron chi connectivity index (χ2n) is 4.72. The summed E-state index contributed by atoms with van der Waals surface area (Å²) in [6, 6.07) is -0.0276. The molecule has 16 heavy (non-hydrogen) atoms. The molecule has 0 saturated heterocycles. The third-order valence-electron chi connectivity index (χ3n) is 1.79. The highest BCUT2D eigenvalue weighted by Gasteiger charge is 2.20.